The summed E-state index contributed by atoms with van der Waals surface area (Å²) >= 11 is 0. The van der Waals surface area contributed by atoms with Crippen LogP contribution in [0.1, 0.15) is 62.4 Å². The summed E-state index contributed by atoms with van der Waals surface area (Å²) in [6, 6.07) is 6.20. The summed E-state index contributed by atoms with van der Waals surface area (Å²) in [7, 11) is 0. The number of nitrogens with zero attached hydrogens (tertiary/aromatic N) is 2. The molecule has 1 fully saturated rings. The first-order valence-electron chi connectivity index (χ1n) is 9.69. The monoisotopic (exact) mass is 363 g/mol. The topological polar surface area (TPSA) is 64.0 Å². The second-order valence-corrected chi connectivity index (χ2v) is 7.70. The third-order valence-corrected chi connectivity index (χ3v) is 5.70. The molecule has 0 spiro atoms. The number of rotatable bonds is 4. The molecule has 140 valence electrons. The van der Waals surface area contributed by atoms with E-state index >= 15 is 0 Å². The zero-order valence-electron chi connectivity index (χ0n) is 15.9. The number of aromatic nitrogens is 2. The first-order valence-corrected chi connectivity index (χ1v) is 9.69. The van der Waals surface area contributed by atoms with Gasteiger partial charge in [-0.1, -0.05) is 30.6 Å². The van der Waals surface area contributed by atoms with Crippen LogP contribution in [0.3, 0.4) is 0 Å². The first-order chi connectivity index (χ1) is 13.0. The molecule has 1 N–H and O–H groups in total. The Morgan fingerprint density at radius 1 is 1.26 bits per heavy atom. The zero-order valence-corrected chi connectivity index (χ0v) is 15.9. The van der Waals surface area contributed by atoms with E-state index in [9.17, 15) is 9.59 Å². The highest BCUT2D eigenvalue weighted by molar-refractivity contribution is 6.07. The third-order valence-electron chi connectivity index (χ3n) is 5.70. The van der Waals surface area contributed by atoms with Gasteiger partial charge in [-0.2, -0.15) is 5.10 Å². The quantitative estimate of drug-likeness (QED) is 0.889. The van der Waals surface area contributed by atoms with Crippen LogP contribution in [0.5, 0.6) is 0 Å². The molecule has 4 rings (SSSR count). The summed E-state index contributed by atoms with van der Waals surface area (Å²) < 4.78 is 2.07. The van der Waals surface area contributed by atoms with Gasteiger partial charge in [0.2, 0.25) is 0 Å². The van der Waals surface area contributed by atoms with E-state index in [2.05, 4.69) is 15.1 Å². The van der Waals surface area contributed by atoms with Gasteiger partial charge in [-0.25, -0.2) is 0 Å². The molecule has 2 aromatic rings. The molecular formula is C22H25N3O2. The summed E-state index contributed by atoms with van der Waals surface area (Å²) in [6.45, 7) is 4.15. The molecule has 27 heavy (non-hydrogen) atoms. The van der Waals surface area contributed by atoms with Gasteiger partial charge < -0.3 is 5.32 Å². The number of hydrogen-bond acceptors (Lipinski definition) is 3. The number of ketones is 1. The molecule has 1 saturated carbocycles. The summed E-state index contributed by atoms with van der Waals surface area (Å²) in [5.74, 6) is -0.0639. The number of fused-ring (bicyclic) bond motifs is 1. The van der Waals surface area contributed by atoms with Crippen LogP contribution in [0.2, 0.25) is 0 Å². The van der Waals surface area contributed by atoms with Crippen LogP contribution in [0.25, 0.3) is 10.9 Å². The lowest BCUT2D eigenvalue weighted by atomic mass is 9.92. The van der Waals surface area contributed by atoms with Crippen LogP contribution in [-0.4, -0.2) is 28.0 Å². The van der Waals surface area contributed by atoms with Crippen molar-refractivity contribution in [1.82, 2.24) is 15.1 Å². The molecule has 1 heterocycles. The molecular weight excluding hydrogens is 338 g/mol. The molecule has 0 atom stereocenters. The zero-order chi connectivity index (χ0) is 19.0. The summed E-state index contributed by atoms with van der Waals surface area (Å²) in [6.07, 6.45) is 9.03. The van der Waals surface area contributed by atoms with Crippen molar-refractivity contribution in [3.8, 4) is 0 Å². The molecule has 0 aliphatic heterocycles. The van der Waals surface area contributed by atoms with Gasteiger partial charge in [-0.05, 0) is 44.4 Å². The maximum Gasteiger partial charge on any atom is 0.252 e. The van der Waals surface area contributed by atoms with Crippen molar-refractivity contribution in [3.63, 3.8) is 0 Å². The van der Waals surface area contributed by atoms with Crippen molar-refractivity contribution in [1.29, 1.82) is 0 Å². The number of allylic oxidation sites excluding steroid dienone is 3. The maximum atomic E-state index is 12.8. The number of hydrogen-bond donors (Lipinski definition) is 1. The summed E-state index contributed by atoms with van der Waals surface area (Å²) in [4.78, 5) is 25.1. The van der Waals surface area contributed by atoms with Crippen molar-refractivity contribution in [3.05, 3.63) is 52.8 Å². The molecule has 1 aromatic carbocycles. The molecule has 2 aliphatic carbocycles. The highest BCUT2D eigenvalue weighted by Crippen LogP contribution is 2.32. The Labute approximate surface area is 159 Å². The van der Waals surface area contributed by atoms with Gasteiger partial charge in [0.25, 0.3) is 5.91 Å². The highest BCUT2D eigenvalue weighted by atomic mass is 16.2. The Balaban J connectivity index is 1.56. The number of Topliss-reactive ketones (excluding diaryl/α,β-unsaturated/α-hetero) is 1. The maximum absolute atomic E-state index is 12.8. The molecule has 0 unspecified atom stereocenters. The fourth-order valence-corrected chi connectivity index (χ4v) is 4.30. The van der Waals surface area contributed by atoms with E-state index < -0.39 is 0 Å². The normalized spacial score (nSPS) is 18.3. The molecule has 5 heteroatoms. The lowest BCUT2D eigenvalue weighted by molar-refractivity contribution is -0.115. The Morgan fingerprint density at radius 2 is 2.04 bits per heavy atom. The predicted molar refractivity (Wildman–Crippen MR) is 106 cm³/mol. The Hall–Kier alpha value is -2.69. The van der Waals surface area contributed by atoms with Crippen molar-refractivity contribution < 1.29 is 9.59 Å². The minimum absolute atomic E-state index is 0.0973. The number of amides is 1. The lowest BCUT2D eigenvalue weighted by Crippen LogP contribution is -2.29. The van der Waals surface area contributed by atoms with Crippen LogP contribution in [0.15, 0.2) is 47.2 Å². The number of carbonyl (C=O) groups excluding carboxylic acids is 2. The molecule has 0 saturated heterocycles. The van der Waals surface area contributed by atoms with E-state index in [0.29, 0.717) is 23.6 Å². The van der Waals surface area contributed by atoms with E-state index in [1.165, 1.54) is 12.8 Å². The van der Waals surface area contributed by atoms with Crippen molar-refractivity contribution in [2.45, 2.75) is 52.0 Å². The van der Waals surface area contributed by atoms with Gasteiger partial charge in [0.1, 0.15) is 0 Å². The van der Waals surface area contributed by atoms with E-state index in [-0.39, 0.29) is 18.2 Å². The van der Waals surface area contributed by atoms with Gasteiger partial charge in [0.05, 0.1) is 23.3 Å². The van der Waals surface area contributed by atoms with Gasteiger partial charge in [0, 0.05) is 23.9 Å². The van der Waals surface area contributed by atoms with E-state index in [1.807, 2.05) is 38.1 Å². The van der Waals surface area contributed by atoms with E-state index in [4.69, 9.17) is 0 Å². The fourth-order valence-electron chi connectivity index (χ4n) is 4.30. The Bertz CT molecular complexity index is 975. The minimum atomic E-state index is -0.161. The van der Waals surface area contributed by atoms with Gasteiger partial charge >= 0.3 is 0 Å². The molecule has 0 radical (unpaired) electrons. The molecule has 1 amide bonds. The first kappa shape index (κ1) is 17.7. The number of carbonyl (C=O) groups is 2. The van der Waals surface area contributed by atoms with Gasteiger partial charge in [-0.3, -0.25) is 14.3 Å². The predicted octanol–water partition coefficient (Wildman–Crippen LogP) is 4.12. The second-order valence-electron chi connectivity index (χ2n) is 7.70. The fraction of sp³-hybridized carbons (Fsp3) is 0.409. The van der Waals surface area contributed by atoms with E-state index in [1.54, 1.807) is 6.20 Å². The summed E-state index contributed by atoms with van der Waals surface area (Å²) in [5, 5.41) is 8.37. The lowest BCUT2D eigenvalue weighted by Gasteiger charge is -2.16. The van der Waals surface area contributed by atoms with Crippen LogP contribution in [-0.2, 0) is 4.79 Å². The van der Waals surface area contributed by atoms with Crippen LogP contribution >= 0.6 is 0 Å². The van der Waals surface area contributed by atoms with Gasteiger partial charge in [-0.15, -0.1) is 0 Å². The largest absolute Gasteiger partial charge is 0.348 e. The van der Waals surface area contributed by atoms with Crippen molar-refractivity contribution in [2.75, 3.05) is 6.54 Å². The van der Waals surface area contributed by atoms with E-state index in [0.717, 1.165) is 34.9 Å². The third kappa shape index (κ3) is 3.34. The molecule has 0 bridgehead atoms. The second kappa shape index (κ2) is 7.14. The Kier molecular flexibility index (Phi) is 4.68. The van der Waals surface area contributed by atoms with Gasteiger partial charge in [0.15, 0.2) is 5.78 Å². The standard InChI is InChI=1S/C22H25N3O2/c1-14-10-15(2)18(21(26)11-14)12-23-22(27)17-8-5-9-20-19(17)13-24-25(20)16-6-3-4-7-16/h5,8-10,13,16H,3-4,6-7,11-12H2,1-2H3,(H,23,27). The van der Waals surface area contributed by atoms with Crippen LogP contribution in [0.4, 0.5) is 0 Å². The van der Waals surface area contributed by atoms with Crippen LogP contribution in [0, 0.1) is 0 Å². The van der Waals surface area contributed by atoms with Crippen molar-refractivity contribution in [2.24, 2.45) is 0 Å². The van der Waals surface area contributed by atoms with Crippen molar-refractivity contribution >= 4 is 22.6 Å². The molecule has 2 aliphatic rings. The smallest absolute Gasteiger partial charge is 0.252 e. The summed E-state index contributed by atoms with van der Waals surface area (Å²) in [5.41, 5.74) is 4.33. The minimum Gasteiger partial charge on any atom is -0.348 e. The molecule has 1 aromatic heterocycles. The molecule has 5 nitrogen and oxygen atoms in total. The van der Waals surface area contributed by atoms with Crippen LogP contribution < -0.4 is 5.32 Å². The Morgan fingerprint density at radius 3 is 2.78 bits per heavy atom. The highest BCUT2D eigenvalue weighted by Gasteiger charge is 2.22. The average Bonchev–Trinajstić information content (AvgIpc) is 3.29. The number of nitrogens with one attached hydrogen (secondary N) is 1. The number of benzene rings is 1. The SMILES string of the molecule is CC1=CC(C)=C(CNC(=O)c2cccc3c2cnn3C2CCCC2)C(=O)C1. The average molecular weight is 363 g/mol.